The van der Waals surface area contributed by atoms with Crippen molar-refractivity contribution in [1.29, 1.82) is 0 Å². The minimum atomic E-state index is 0.491. The fourth-order valence-electron chi connectivity index (χ4n) is 1.64. The standard InChI is InChI=1S/C13H16IN5/c1-7(2)4-9-10(14)11(15)19-13(18-9)12-16-5-8(3)6-17-12/h5-7H,4H2,1-3H3,(H2,15,18,19). The lowest BCUT2D eigenvalue weighted by atomic mass is 10.1. The maximum absolute atomic E-state index is 5.95. The molecule has 100 valence electrons. The number of aromatic nitrogens is 4. The zero-order valence-electron chi connectivity index (χ0n) is 11.2. The van der Waals surface area contributed by atoms with E-state index in [0.717, 1.165) is 21.2 Å². The van der Waals surface area contributed by atoms with E-state index >= 15 is 0 Å². The predicted molar refractivity (Wildman–Crippen MR) is 83.5 cm³/mol. The Morgan fingerprint density at radius 1 is 1.16 bits per heavy atom. The van der Waals surface area contributed by atoms with Crippen LogP contribution in [0.25, 0.3) is 11.6 Å². The Balaban J connectivity index is 2.46. The Kier molecular flexibility index (Phi) is 4.28. The lowest BCUT2D eigenvalue weighted by Gasteiger charge is -2.10. The lowest BCUT2D eigenvalue weighted by Crippen LogP contribution is -2.08. The maximum atomic E-state index is 5.95. The summed E-state index contributed by atoms with van der Waals surface area (Å²) < 4.78 is 0.919. The third-order valence-electron chi connectivity index (χ3n) is 2.53. The molecule has 2 rings (SSSR count). The predicted octanol–water partition coefficient (Wildman–Crippen LogP) is 2.63. The highest BCUT2D eigenvalue weighted by Crippen LogP contribution is 2.22. The molecule has 0 radical (unpaired) electrons. The van der Waals surface area contributed by atoms with Crippen LogP contribution in [0.2, 0.25) is 0 Å². The van der Waals surface area contributed by atoms with Crippen molar-refractivity contribution >= 4 is 28.4 Å². The third kappa shape index (κ3) is 3.37. The van der Waals surface area contributed by atoms with Crippen LogP contribution >= 0.6 is 22.6 Å². The van der Waals surface area contributed by atoms with Gasteiger partial charge in [-0.25, -0.2) is 19.9 Å². The van der Waals surface area contributed by atoms with E-state index in [1.807, 2.05) is 6.92 Å². The van der Waals surface area contributed by atoms with Crippen LogP contribution in [-0.2, 0) is 6.42 Å². The molecule has 0 aliphatic rings. The molecule has 6 heteroatoms. The maximum Gasteiger partial charge on any atom is 0.199 e. The highest BCUT2D eigenvalue weighted by atomic mass is 127. The highest BCUT2D eigenvalue weighted by molar-refractivity contribution is 14.1. The van der Waals surface area contributed by atoms with Crippen molar-refractivity contribution in [3.05, 3.63) is 27.2 Å². The number of anilines is 1. The Hall–Kier alpha value is -1.31. The molecule has 19 heavy (non-hydrogen) atoms. The number of rotatable bonds is 3. The molecule has 2 aromatic heterocycles. The van der Waals surface area contributed by atoms with Crippen molar-refractivity contribution in [3.63, 3.8) is 0 Å². The van der Waals surface area contributed by atoms with Crippen molar-refractivity contribution < 1.29 is 0 Å². The van der Waals surface area contributed by atoms with Gasteiger partial charge in [0.05, 0.1) is 9.26 Å². The van der Waals surface area contributed by atoms with Gasteiger partial charge in [-0.1, -0.05) is 13.8 Å². The second-order valence-corrected chi connectivity index (χ2v) is 5.95. The van der Waals surface area contributed by atoms with E-state index in [0.29, 0.717) is 23.4 Å². The molecule has 0 aromatic carbocycles. The Labute approximate surface area is 126 Å². The van der Waals surface area contributed by atoms with Crippen molar-refractivity contribution in [2.75, 3.05) is 5.73 Å². The van der Waals surface area contributed by atoms with Crippen molar-refractivity contribution in [1.82, 2.24) is 19.9 Å². The first-order valence-corrected chi connectivity index (χ1v) is 7.16. The summed E-state index contributed by atoms with van der Waals surface area (Å²) in [5, 5.41) is 0. The van der Waals surface area contributed by atoms with Crippen LogP contribution in [0.15, 0.2) is 12.4 Å². The molecule has 0 bridgehead atoms. The summed E-state index contributed by atoms with van der Waals surface area (Å²) in [5.41, 5.74) is 7.91. The first-order valence-electron chi connectivity index (χ1n) is 6.08. The van der Waals surface area contributed by atoms with Gasteiger partial charge in [0.1, 0.15) is 5.82 Å². The molecule has 0 fully saturated rings. The van der Waals surface area contributed by atoms with Crippen LogP contribution in [0.1, 0.15) is 25.1 Å². The minimum Gasteiger partial charge on any atom is -0.383 e. The Morgan fingerprint density at radius 3 is 2.37 bits per heavy atom. The molecule has 0 atom stereocenters. The van der Waals surface area contributed by atoms with E-state index in [1.54, 1.807) is 12.4 Å². The second kappa shape index (κ2) is 5.77. The normalized spacial score (nSPS) is 11.0. The van der Waals surface area contributed by atoms with Crippen LogP contribution in [-0.4, -0.2) is 19.9 Å². The average Bonchev–Trinajstić information content (AvgIpc) is 2.35. The molecule has 0 spiro atoms. The minimum absolute atomic E-state index is 0.491. The zero-order chi connectivity index (χ0) is 14.0. The molecule has 0 unspecified atom stereocenters. The van der Waals surface area contributed by atoms with E-state index in [1.165, 1.54) is 0 Å². The van der Waals surface area contributed by atoms with Gasteiger partial charge in [-0.15, -0.1) is 0 Å². The highest BCUT2D eigenvalue weighted by Gasteiger charge is 2.14. The second-order valence-electron chi connectivity index (χ2n) is 4.88. The topological polar surface area (TPSA) is 77.6 Å². The molecule has 0 amide bonds. The first-order chi connectivity index (χ1) is 8.97. The van der Waals surface area contributed by atoms with E-state index in [2.05, 4.69) is 56.4 Å². The van der Waals surface area contributed by atoms with Crippen molar-refractivity contribution in [2.45, 2.75) is 27.2 Å². The summed E-state index contributed by atoms with van der Waals surface area (Å²) in [6.07, 6.45) is 4.37. The molecular formula is C13H16IN5. The lowest BCUT2D eigenvalue weighted by molar-refractivity contribution is 0.632. The smallest absolute Gasteiger partial charge is 0.199 e. The molecule has 5 nitrogen and oxygen atoms in total. The van der Waals surface area contributed by atoms with Crippen molar-refractivity contribution in [3.8, 4) is 11.6 Å². The summed E-state index contributed by atoms with van der Waals surface area (Å²) in [5.74, 6) is 2.01. The zero-order valence-corrected chi connectivity index (χ0v) is 13.3. The van der Waals surface area contributed by atoms with E-state index in [4.69, 9.17) is 5.73 Å². The molecular weight excluding hydrogens is 353 g/mol. The molecule has 2 heterocycles. The van der Waals surface area contributed by atoms with E-state index < -0.39 is 0 Å². The van der Waals surface area contributed by atoms with Gasteiger partial charge < -0.3 is 5.73 Å². The van der Waals surface area contributed by atoms with Gasteiger partial charge in [0.15, 0.2) is 11.6 Å². The Morgan fingerprint density at radius 2 is 1.79 bits per heavy atom. The van der Waals surface area contributed by atoms with Gasteiger partial charge in [-0.3, -0.25) is 0 Å². The quantitative estimate of drug-likeness (QED) is 0.842. The average molecular weight is 369 g/mol. The molecule has 0 aliphatic heterocycles. The number of hydrogen-bond acceptors (Lipinski definition) is 5. The molecule has 0 aliphatic carbocycles. The van der Waals surface area contributed by atoms with E-state index in [-0.39, 0.29) is 0 Å². The molecule has 0 saturated heterocycles. The first kappa shape index (κ1) is 14.1. The largest absolute Gasteiger partial charge is 0.383 e. The summed E-state index contributed by atoms with van der Waals surface area (Å²) in [6.45, 7) is 6.24. The van der Waals surface area contributed by atoms with Gasteiger partial charge in [0.2, 0.25) is 0 Å². The van der Waals surface area contributed by atoms with Gasteiger partial charge in [0, 0.05) is 12.4 Å². The fraction of sp³-hybridized carbons (Fsp3) is 0.385. The van der Waals surface area contributed by atoms with Gasteiger partial charge >= 0.3 is 0 Å². The SMILES string of the molecule is Cc1cnc(-c2nc(N)c(I)c(CC(C)C)n2)nc1. The Bertz CT molecular complexity index is 580. The summed E-state index contributed by atoms with van der Waals surface area (Å²) in [6, 6.07) is 0. The molecule has 2 aromatic rings. The summed E-state index contributed by atoms with van der Waals surface area (Å²) in [7, 11) is 0. The fourth-order valence-corrected chi connectivity index (χ4v) is 2.10. The third-order valence-corrected chi connectivity index (χ3v) is 3.70. The van der Waals surface area contributed by atoms with Crippen LogP contribution < -0.4 is 5.73 Å². The number of halogens is 1. The number of nitrogen functional groups attached to an aromatic ring is 1. The van der Waals surface area contributed by atoms with Crippen molar-refractivity contribution in [2.24, 2.45) is 5.92 Å². The monoisotopic (exact) mass is 369 g/mol. The summed E-state index contributed by atoms with van der Waals surface area (Å²) in [4.78, 5) is 17.3. The van der Waals surface area contributed by atoms with Gasteiger partial charge in [-0.2, -0.15) is 0 Å². The molecule has 0 saturated carbocycles. The molecule has 2 N–H and O–H groups in total. The number of aryl methyl sites for hydroxylation is 1. The van der Waals surface area contributed by atoms with Crippen LogP contribution in [0.3, 0.4) is 0 Å². The van der Waals surface area contributed by atoms with Crippen LogP contribution in [0.5, 0.6) is 0 Å². The van der Waals surface area contributed by atoms with Gasteiger partial charge in [0.25, 0.3) is 0 Å². The van der Waals surface area contributed by atoms with Gasteiger partial charge in [-0.05, 0) is 47.4 Å². The number of nitrogens with zero attached hydrogens (tertiary/aromatic N) is 4. The number of nitrogens with two attached hydrogens (primary N) is 1. The number of hydrogen-bond donors (Lipinski definition) is 1. The van der Waals surface area contributed by atoms with Crippen LogP contribution in [0, 0.1) is 16.4 Å². The van der Waals surface area contributed by atoms with Crippen LogP contribution in [0.4, 0.5) is 5.82 Å². The summed E-state index contributed by atoms with van der Waals surface area (Å²) >= 11 is 2.19. The van der Waals surface area contributed by atoms with E-state index in [9.17, 15) is 0 Å².